The number of fused-ring (bicyclic) bond motifs is 1. The second-order valence-electron chi connectivity index (χ2n) is 6.52. The normalized spacial score (nSPS) is 14.7. The van der Waals surface area contributed by atoms with Crippen molar-refractivity contribution in [3.8, 4) is 0 Å². The summed E-state index contributed by atoms with van der Waals surface area (Å²) >= 11 is 1.42. The summed E-state index contributed by atoms with van der Waals surface area (Å²) in [6.45, 7) is 5.90. The highest BCUT2D eigenvalue weighted by Gasteiger charge is 2.19. The SMILES string of the molecule is CC(C)Cc1nnc(NC(=O)CN2CCc3ccc(F)cc3C2)s1. The molecule has 2 heterocycles. The van der Waals surface area contributed by atoms with Gasteiger partial charge in [0.25, 0.3) is 0 Å². The number of rotatable bonds is 5. The Hall–Kier alpha value is -1.86. The van der Waals surface area contributed by atoms with E-state index < -0.39 is 0 Å². The predicted molar refractivity (Wildman–Crippen MR) is 92.5 cm³/mol. The summed E-state index contributed by atoms with van der Waals surface area (Å²) in [5.41, 5.74) is 2.12. The topological polar surface area (TPSA) is 58.1 Å². The summed E-state index contributed by atoms with van der Waals surface area (Å²) < 4.78 is 13.4. The third-order valence-electron chi connectivity index (χ3n) is 3.92. The first-order valence-electron chi connectivity index (χ1n) is 8.11. The van der Waals surface area contributed by atoms with E-state index in [9.17, 15) is 9.18 Å². The van der Waals surface area contributed by atoms with Gasteiger partial charge in [0.15, 0.2) is 0 Å². The standard InChI is InChI=1S/C17H21FN4OS/c1-11(2)7-16-20-21-17(24-16)19-15(23)10-22-6-5-12-3-4-14(18)8-13(12)9-22/h3-4,8,11H,5-7,9-10H2,1-2H3,(H,19,21,23). The van der Waals surface area contributed by atoms with Crippen molar-refractivity contribution in [2.24, 2.45) is 5.92 Å². The van der Waals surface area contributed by atoms with Crippen molar-refractivity contribution in [2.45, 2.75) is 33.2 Å². The highest BCUT2D eigenvalue weighted by atomic mass is 32.1. The number of nitrogens with one attached hydrogen (secondary N) is 1. The van der Waals surface area contributed by atoms with Crippen LogP contribution in [0.1, 0.15) is 30.0 Å². The number of amides is 1. The van der Waals surface area contributed by atoms with Gasteiger partial charge in [0.2, 0.25) is 11.0 Å². The summed E-state index contributed by atoms with van der Waals surface area (Å²) in [6.07, 6.45) is 1.70. The first kappa shape index (κ1) is 17.0. The smallest absolute Gasteiger partial charge is 0.240 e. The molecule has 0 radical (unpaired) electrons. The predicted octanol–water partition coefficient (Wildman–Crippen LogP) is 2.87. The largest absolute Gasteiger partial charge is 0.299 e. The van der Waals surface area contributed by atoms with Gasteiger partial charge in [-0.2, -0.15) is 0 Å². The molecule has 1 aliphatic heterocycles. The van der Waals surface area contributed by atoms with Gasteiger partial charge >= 0.3 is 0 Å². The molecule has 1 aromatic carbocycles. The lowest BCUT2D eigenvalue weighted by Crippen LogP contribution is -2.37. The zero-order valence-corrected chi connectivity index (χ0v) is 14.7. The first-order chi connectivity index (χ1) is 11.5. The van der Waals surface area contributed by atoms with Crippen LogP contribution < -0.4 is 5.32 Å². The quantitative estimate of drug-likeness (QED) is 0.903. The Balaban J connectivity index is 1.55. The molecule has 3 rings (SSSR count). The van der Waals surface area contributed by atoms with Crippen LogP contribution in [-0.4, -0.2) is 34.1 Å². The molecule has 0 saturated heterocycles. The van der Waals surface area contributed by atoms with E-state index in [0.717, 1.165) is 35.5 Å². The molecule has 0 saturated carbocycles. The Bertz CT molecular complexity index is 731. The first-order valence-corrected chi connectivity index (χ1v) is 8.93. The number of hydrogen-bond acceptors (Lipinski definition) is 5. The van der Waals surface area contributed by atoms with Crippen molar-refractivity contribution in [2.75, 3.05) is 18.4 Å². The van der Waals surface area contributed by atoms with Crippen molar-refractivity contribution in [1.29, 1.82) is 0 Å². The Labute approximate surface area is 144 Å². The Morgan fingerprint density at radius 1 is 1.38 bits per heavy atom. The molecule has 0 spiro atoms. The van der Waals surface area contributed by atoms with Gasteiger partial charge in [-0.15, -0.1) is 10.2 Å². The summed E-state index contributed by atoms with van der Waals surface area (Å²) in [5.74, 6) is 0.170. The summed E-state index contributed by atoms with van der Waals surface area (Å²) in [7, 11) is 0. The van der Waals surface area contributed by atoms with Crippen molar-refractivity contribution in [3.63, 3.8) is 0 Å². The van der Waals surface area contributed by atoms with Crippen LogP contribution in [0.3, 0.4) is 0 Å². The van der Waals surface area contributed by atoms with Crippen LogP contribution in [0.5, 0.6) is 0 Å². The Morgan fingerprint density at radius 2 is 2.21 bits per heavy atom. The maximum Gasteiger partial charge on any atom is 0.240 e. The molecule has 5 nitrogen and oxygen atoms in total. The fraction of sp³-hybridized carbons (Fsp3) is 0.471. The minimum Gasteiger partial charge on any atom is -0.299 e. The maximum absolute atomic E-state index is 13.4. The van der Waals surface area contributed by atoms with Crippen LogP contribution in [0.15, 0.2) is 18.2 Å². The molecule has 1 N–H and O–H groups in total. The third-order valence-corrected chi connectivity index (χ3v) is 4.78. The van der Waals surface area contributed by atoms with E-state index in [-0.39, 0.29) is 18.3 Å². The van der Waals surface area contributed by atoms with Gasteiger partial charge in [0.05, 0.1) is 6.54 Å². The van der Waals surface area contributed by atoms with Gasteiger partial charge in [0, 0.05) is 19.5 Å². The molecule has 2 aromatic rings. The molecule has 0 fully saturated rings. The molecule has 7 heteroatoms. The van der Waals surface area contributed by atoms with Crippen LogP contribution >= 0.6 is 11.3 Å². The Morgan fingerprint density at radius 3 is 3.00 bits per heavy atom. The van der Waals surface area contributed by atoms with Crippen LogP contribution in [-0.2, 0) is 24.2 Å². The van der Waals surface area contributed by atoms with E-state index >= 15 is 0 Å². The number of halogens is 1. The number of aromatic nitrogens is 2. The number of nitrogens with zero attached hydrogens (tertiary/aromatic N) is 3. The lowest BCUT2D eigenvalue weighted by atomic mass is 10.00. The van der Waals surface area contributed by atoms with E-state index in [1.54, 1.807) is 6.07 Å². The molecule has 1 aliphatic rings. The zero-order chi connectivity index (χ0) is 17.1. The number of anilines is 1. The molecule has 0 atom stereocenters. The molecule has 1 amide bonds. The lowest BCUT2D eigenvalue weighted by molar-refractivity contribution is -0.117. The van der Waals surface area contributed by atoms with Crippen LogP contribution in [0.25, 0.3) is 0 Å². The van der Waals surface area contributed by atoms with Crippen LogP contribution in [0.4, 0.5) is 9.52 Å². The molecular weight excluding hydrogens is 327 g/mol. The van der Waals surface area contributed by atoms with Gasteiger partial charge in [-0.05, 0) is 35.6 Å². The van der Waals surface area contributed by atoms with Crippen molar-refractivity contribution >= 4 is 22.4 Å². The number of carbonyl (C=O) groups is 1. The van der Waals surface area contributed by atoms with E-state index in [1.165, 1.54) is 17.4 Å². The summed E-state index contributed by atoms with van der Waals surface area (Å²) in [6, 6.07) is 4.88. The second-order valence-corrected chi connectivity index (χ2v) is 7.58. The number of benzene rings is 1. The summed E-state index contributed by atoms with van der Waals surface area (Å²) in [5, 5.41) is 12.4. The maximum atomic E-state index is 13.4. The minimum absolute atomic E-state index is 0.109. The third kappa shape index (κ3) is 4.36. The van der Waals surface area contributed by atoms with Gasteiger partial charge < -0.3 is 0 Å². The fourth-order valence-electron chi connectivity index (χ4n) is 2.82. The van der Waals surface area contributed by atoms with Gasteiger partial charge in [-0.1, -0.05) is 31.3 Å². The molecule has 0 aliphatic carbocycles. The van der Waals surface area contributed by atoms with Crippen LogP contribution in [0, 0.1) is 11.7 Å². The molecule has 1 aromatic heterocycles. The monoisotopic (exact) mass is 348 g/mol. The van der Waals surface area contributed by atoms with Crippen LogP contribution in [0.2, 0.25) is 0 Å². The fourth-order valence-corrected chi connectivity index (χ4v) is 3.78. The zero-order valence-electron chi connectivity index (χ0n) is 13.9. The molecule has 0 bridgehead atoms. The van der Waals surface area contributed by atoms with E-state index in [4.69, 9.17) is 0 Å². The average molecular weight is 348 g/mol. The number of carbonyl (C=O) groups excluding carboxylic acids is 1. The lowest BCUT2D eigenvalue weighted by Gasteiger charge is -2.27. The van der Waals surface area contributed by atoms with E-state index in [1.807, 2.05) is 11.0 Å². The van der Waals surface area contributed by atoms with E-state index in [0.29, 0.717) is 17.6 Å². The molecular formula is C17H21FN4OS. The number of hydrogen-bond donors (Lipinski definition) is 1. The van der Waals surface area contributed by atoms with Crippen molar-refractivity contribution < 1.29 is 9.18 Å². The van der Waals surface area contributed by atoms with Gasteiger partial charge in [0.1, 0.15) is 10.8 Å². The molecule has 0 unspecified atom stereocenters. The minimum atomic E-state index is -0.230. The van der Waals surface area contributed by atoms with Gasteiger partial charge in [-0.3, -0.25) is 15.0 Å². The van der Waals surface area contributed by atoms with E-state index in [2.05, 4.69) is 29.4 Å². The van der Waals surface area contributed by atoms with Gasteiger partial charge in [-0.25, -0.2) is 4.39 Å². The molecule has 128 valence electrons. The highest BCUT2D eigenvalue weighted by Crippen LogP contribution is 2.21. The highest BCUT2D eigenvalue weighted by molar-refractivity contribution is 7.15. The summed E-state index contributed by atoms with van der Waals surface area (Å²) in [4.78, 5) is 14.2. The van der Waals surface area contributed by atoms with Crippen molar-refractivity contribution in [1.82, 2.24) is 15.1 Å². The second kappa shape index (κ2) is 7.36. The average Bonchev–Trinajstić information content (AvgIpc) is 2.92. The molecule has 24 heavy (non-hydrogen) atoms. The van der Waals surface area contributed by atoms with Crippen molar-refractivity contribution in [3.05, 3.63) is 40.2 Å². The Kier molecular flexibility index (Phi) is 5.20.